The van der Waals surface area contributed by atoms with Crippen LogP contribution >= 0.6 is 11.6 Å². The molecule has 1 heterocycles. The fourth-order valence-corrected chi connectivity index (χ4v) is 0.563. The summed E-state index contributed by atoms with van der Waals surface area (Å²) in [6, 6.07) is 0. The molecule has 0 bridgehead atoms. The molecule has 1 unspecified atom stereocenters. The van der Waals surface area contributed by atoms with E-state index in [9.17, 15) is 0 Å². The molecule has 0 aliphatic carbocycles. The molecular formula is C5H7ClN2O. The minimum atomic E-state index is -0.189. The Bertz CT molecular complexity index is 197. The van der Waals surface area contributed by atoms with Gasteiger partial charge in [-0.05, 0) is 13.8 Å². The fourth-order valence-electron chi connectivity index (χ4n) is 0.475. The molecule has 0 spiro atoms. The van der Waals surface area contributed by atoms with Crippen molar-refractivity contribution in [1.82, 2.24) is 10.1 Å². The third-order valence-corrected chi connectivity index (χ3v) is 1.07. The molecule has 0 saturated carbocycles. The van der Waals surface area contributed by atoms with Gasteiger partial charge in [-0.15, -0.1) is 11.6 Å². The van der Waals surface area contributed by atoms with Crippen LogP contribution in [0.1, 0.15) is 24.0 Å². The first-order chi connectivity index (χ1) is 4.20. The van der Waals surface area contributed by atoms with Gasteiger partial charge in [0.05, 0.1) is 0 Å². The Morgan fingerprint density at radius 3 is 2.56 bits per heavy atom. The van der Waals surface area contributed by atoms with Crippen LogP contribution in [-0.4, -0.2) is 10.1 Å². The zero-order valence-corrected chi connectivity index (χ0v) is 6.01. The van der Waals surface area contributed by atoms with Gasteiger partial charge in [0.1, 0.15) is 5.38 Å². The Hall–Kier alpha value is -0.570. The second-order valence-electron chi connectivity index (χ2n) is 1.80. The average molecular weight is 147 g/mol. The molecule has 0 aliphatic heterocycles. The molecule has 0 N–H and O–H groups in total. The molecule has 0 radical (unpaired) electrons. The molecule has 0 amide bonds. The Kier molecular flexibility index (Phi) is 1.71. The highest BCUT2D eigenvalue weighted by molar-refractivity contribution is 6.20. The first kappa shape index (κ1) is 6.55. The standard InChI is InChI=1S/C5H7ClN2O/c1-3(6)5-7-4(2)8-9-5/h3H,1-2H3. The highest BCUT2D eigenvalue weighted by Gasteiger charge is 2.07. The normalized spacial score (nSPS) is 13.7. The molecule has 0 fully saturated rings. The number of aromatic nitrogens is 2. The zero-order valence-electron chi connectivity index (χ0n) is 5.26. The first-order valence-corrected chi connectivity index (χ1v) is 3.08. The van der Waals surface area contributed by atoms with Gasteiger partial charge in [-0.1, -0.05) is 5.16 Å². The molecule has 1 atom stereocenters. The van der Waals surface area contributed by atoms with Crippen LogP contribution in [0.4, 0.5) is 0 Å². The lowest BCUT2D eigenvalue weighted by atomic mass is 10.5. The summed E-state index contributed by atoms with van der Waals surface area (Å²) in [6.45, 7) is 3.54. The van der Waals surface area contributed by atoms with Gasteiger partial charge in [-0.2, -0.15) is 4.98 Å². The molecule has 3 nitrogen and oxygen atoms in total. The molecule has 9 heavy (non-hydrogen) atoms. The van der Waals surface area contributed by atoms with Crippen LogP contribution in [0.5, 0.6) is 0 Å². The second kappa shape index (κ2) is 2.35. The minimum Gasteiger partial charge on any atom is -0.338 e. The van der Waals surface area contributed by atoms with Crippen molar-refractivity contribution in [3.63, 3.8) is 0 Å². The SMILES string of the molecule is Cc1noc(C(C)Cl)n1. The van der Waals surface area contributed by atoms with E-state index in [4.69, 9.17) is 16.1 Å². The summed E-state index contributed by atoms with van der Waals surface area (Å²) in [5, 5.41) is 3.38. The molecule has 50 valence electrons. The molecule has 4 heteroatoms. The Labute approximate surface area is 58.0 Å². The monoisotopic (exact) mass is 146 g/mol. The van der Waals surface area contributed by atoms with Crippen LogP contribution < -0.4 is 0 Å². The highest BCUT2D eigenvalue weighted by atomic mass is 35.5. The molecule has 1 aromatic heterocycles. The summed E-state index contributed by atoms with van der Waals surface area (Å²) in [5.74, 6) is 1.10. The van der Waals surface area contributed by atoms with Gasteiger partial charge in [-0.3, -0.25) is 0 Å². The van der Waals surface area contributed by atoms with E-state index >= 15 is 0 Å². The van der Waals surface area contributed by atoms with Crippen molar-refractivity contribution in [2.24, 2.45) is 0 Å². The van der Waals surface area contributed by atoms with E-state index in [1.807, 2.05) is 0 Å². The van der Waals surface area contributed by atoms with E-state index in [-0.39, 0.29) is 5.38 Å². The number of aryl methyl sites for hydroxylation is 1. The van der Waals surface area contributed by atoms with Crippen molar-refractivity contribution < 1.29 is 4.52 Å². The summed E-state index contributed by atoms with van der Waals surface area (Å²) in [5.41, 5.74) is 0. The van der Waals surface area contributed by atoms with Crippen LogP contribution in [0.25, 0.3) is 0 Å². The van der Waals surface area contributed by atoms with E-state index in [0.717, 1.165) is 0 Å². The van der Waals surface area contributed by atoms with Crippen LogP contribution in [-0.2, 0) is 0 Å². The summed E-state index contributed by atoms with van der Waals surface area (Å²) < 4.78 is 4.73. The maximum Gasteiger partial charge on any atom is 0.244 e. The topological polar surface area (TPSA) is 38.9 Å². The van der Waals surface area contributed by atoms with Gasteiger partial charge >= 0.3 is 0 Å². The number of hydrogen-bond donors (Lipinski definition) is 0. The van der Waals surface area contributed by atoms with E-state index in [1.165, 1.54) is 0 Å². The molecule has 1 aromatic rings. The quantitative estimate of drug-likeness (QED) is 0.566. The van der Waals surface area contributed by atoms with Crippen molar-refractivity contribution in [3.05, 3.63) is 11.7 Å². The van der Waals surface area contributed by atoms with E-state index in [2.05, 4.69) is 10.1 Å². The third kappa shape index (κ3) is 1.42. The van der Waals surface area contributed by atoms with Crippen molar-refractivity contribution in [2.45, 2.75) is 19.2 Å². The van der Waals surface area contributed by atoms with Crippen molar-refractivity contribution in [1.29, 1.82) is 0 Å². The van der Waals surface area contributed by atoms with Crippen LogP contribution in [0.2, 0.25) is 0 Å². The lowest BCUT2D eigenvalue weighted by molar-refractivity contribution is 0.375. The lowest BCUT2D eigenvalue weighted by Gasteiger charge is -1.88. The van der Waals surface area contributed by atoms with Crippen molar-refractivity contribution in [2.75, 3.05) is 0 Å². The van der Waals surface area contributed by atoms with Crippen LogP contribution in [0.3, 0.4) is 0 Å². The van der Waals surface area contributed by atoms with Crippen LogP contribution in [0, 0.1) is 6.92 Å². The average Bonchev–Trinajstić information content (AvgIpc) is 2.14. The van der Waals surface area contributed by atoms with Gasteiger partial charge in [0, 0.05) is 0 Å². The molecule has 1 rings (SSSR count). The molecular weight excluding hydrogens is 140 g/mol. The number of halogens is 1. The zero-order chi connectivity index (χ0) is 6.85. The second-order valence-corrected chi connectivity index (χ2v) is 2.45. The lowest BCUT2D eigenvalue weighted by Crippen LogP contribution is -1.82. The maximum atomic E-state index is 5.62. The Morgan fingerprint density at radius 1 is 1.67 bits per heavy atom. The smallest absolute Gasteiger partial charge is 0.244 e. The first-order valence-electron chi connectivity index (χ1n) is 2.64. The van der Waals surface area contributed by atoms with Crippen LogP contribution in [0.15, 0.2) is 4.52 Å². The van der Waals surface area contributed by atoms with Gasteiger partial charge in [0.2, 0.25) is 5.89 Å². The number of alkyl halides is 1. The molecule has 0 aliphatic rings. The Morgan fingerprint density at radius 2 is 2.33 bits per heavy atom. The summed E-state index contributed by atoms with van der Waals surface area (Å²) in [6.07, 6.45) is 0. The van der Waals surface area contributed by atoms with Crippen molar-refractivity contribution in [3.8, 4) is 0 Å². The van der Waals surface area contributed by atoms with Crippen molar-refractivity contribution >= 4 is 11.6 Å². The highest BCUT2D eigenvalue weighted by Crippen LogP contribution is 2.15. The Balaban J connectivity index is 2.85. The fraction of sp³-hybridized carbons (Fsp3) is 0.600. The third-order valence-electron chi connectivity index (χ3n) is 0.884. The summed E-state index contributed by atoms with van der Waals surface area (Å²) >= 11 is 5.62. The predicted octanol–water partition coefficient (Wildman–Crippen LogP) is 1.68. The maximum absolute atomic E-state index is 5.62. The summed E-state index contributed by atoms with van der Waals surface area (Å²) in [4.78, 5) is 3.90. The van der Waals surface area contributed by atoms with Gasteiger partial charge < -0.3 is 4.52 Å². The van der Waals surface area contributed by atoms with E-state index in [1.54, 1.807) is 13.8 Å². The minimum absolute atomic E-state index is 0.189. The summed E-state index contributed by atoms with van der Waals surface area (Å²) in [7, 11) is 0. The molecule has 0 aromatic carbocycles. The van der Waals surface area contributed by atoms with Gasteiger partial charge in [0.15, 0.2) is 5.82 Å². The largest absolute Gasteiger partial charge is 0.338 e. The van der Waals surface area contributed by atoms with Gasteiger partial charge in [-0.25, -0.2) is 0 Å². The number of nitrogens with zero attached hydrogens (tertiary/aromatic N) is 2. The number of hydrogen-bond acceptors (Lipinski definition) is 3. The van der Waals surface area contributed by atoms with Gasteiger partial charge in [0.25, 0.3) is 0 Å². The predicted molar refractivity (Wildman–Crippen MR) is 33.3 cm³/mol. The van der Waals surface area contributed by atoms with E-state index in [0.29, 0.717) is 11.7 Å². The van der Waals surface area contributed by atoms with E-state index < -0.39 is 0 Å². The number of rotatable bonds is 1. The molecule has 0 saturated heterocycles.